The fourth-order valence-electron chi connectivity index (χ4n) is 3.34. The molecular formula is C26H23NO2S. The highest BCUT2D eigenvalue weighted by Gasteiger charge is 2.14. The lowest BCUT2D eigenvalue weighted by Crippen LogP contribution is -2.22. The third kappa shape index (κ3) is 4.66. The normalized spacial score (nSPS) is 10.7. The summed E-state index contributed by atoms with van der Waals surface area (Å²) in [5.74, 6) is 0.602. The summed E-state index contributed by atoms with van der Waals surface area (Å²) < 4.78 is 7.84. The molecule has 0 spiro atoms. The van der Waals surface area contributed by atoms with Crippen molar-refractivity contribution in [2.45, 2.75) is 18.0 Å². The smallest absolute Gasteiger partial charge is 0.262 e. The lowest BCUT2D eigenvalue weighted by Gasteiger charge is -2.15. The number of aromatic nitrogens is 1. The van der Waals surface area contributed by atoms with Gasteiger partial charge in [0.05, 0.1) is 12.1 Å². The van der Waals surface area contributed by atoms with Crippen LogP contribution < -0.4 is 10.3 Å². The van der Waals surface area contributed by atoms with E-state index in [1.54, 1.807) is 16.3 Å². The first-order chi connectivity index (χ1) is 14.7. The summed E-state index contributed by atoms with van der Waals surface area (Å²) in [6.07, 6.45) is 3.86. The Labute approximate surface area is 181 Å². The van der Waals surface area contributed by atoms with E-state index in [9.17, 15) is 4.79 Å². The largest absolute Gasteiger partial charge is 0.488 e. The van der Waals surface area contributed by atoms with Crippen LogP contribution in [-0.4, -0.2) is 10.8 Å². The third-order valence-corrected chi connectivity index (χ3v) is 5.68. The van der Waals surface area contributed by atoms with E-state index in [4.69, 9.17) is 4.74 Å². The summed E-state index contributed by atoms with van der Waals surface area (Å²) >= 11 is 1.68. The number of thioether (sulfide) groups is 1. The number of nitrogens with zero attached hydrogens (tertiary/aromatic N) is 1. The number of rotatable bonds is 7. The van der Waals surface area contributed by atoms with E-state index in [-0.39, 0.29) is 5.56 Å². The molecule has 0 fully saturated rings. The quantitative estimate of drug-likeness (QED) is 0.355. The van der Waals surface area contributed by atoms with Crippen molar-refractivity contribution in [3.8, 4) is 16.9 Å². The van der Waals surface area contributed by atoms with Crippen LogP contribution in [0.5, 0.6) is 5.75 Å². The number of benzene rings is 3. The molecule has 4 aromatic rings. The molecule has 0 aliphatic heterocycles. The van der Waals surface area contributed by atoms with Gasteiger partial charge in [-0.05, 0) is 41.1 Å². The van der Waals surface area contributed by atoms with E-state index in [0.717, 1.165) is 21.6 Å². The van der Waals surface area contributed by atoms with Crippen LogP contribution in [0.3, 0.4) is 0 Å². The molecular weight excluding hydrogens is 390 g/mol. The van der Waals surface area contributed by atoms with Gasteiger partial charge in [0.25, 0.3) is 5.56 Å². The highest BCUT2D eigenvalue weighted by atomic mass is 32.2. The molecule has 4 heteroatoms. The third-order valence-electron chi connectivity index (χ3n) is 4.94. The van der Waals surface area contributed by atoms with Crippen molar-refractivity contribution in [3.05, 3.63) is 119 Å². The highest BCUT2D eigenvalue weighted by molar-refractivity contribution is 7.98. The van der Waals surface area contributed by atoms with Crippen LogP contribution in [0.1, 0.15) is 11.1 Å². The summed E-state index contributed by atoms with van der Waals surface area (Å²) in [6, 6.07) is 29.9. The van der Waals surface area contributed by atoms with Gasteiger partial charge in [-0.15, -0.1) is 11.8 Å². The maximum Gasteiger partial charge on any atom is 0.262 e. The molecule has 150 valence electrons. The van der Waals surface area contributed by atoms with Gasteiger partial charge >= 0.3 is 0 Å². The van der Waals surface area contributed by atoms with E-state index in [2.05, 4.69) is 0 Å². The average molecular weight is 414 g/mol. The van der Waals surface area contributed by atoms with Crippen LogP contribution in [0.15, 0.2) is 107 Å². The molecule has 3 nitrogen and oxygen atoms in total. The topological polar surface area (TPSA) is 31.2 Å². The van der Waals surface area contributed by atoms with Crippen molar-refractivity contribution < 1.29 is 4.74 Å². The van der Waals surface area contributed by atoms with Gasteiger partial charge in [0.2, 0.25) is 0 Å². The van der Waals surface area contributed by atoms with Crippen LogP contribution in [0.4, 0.5) is 0 Å². The Balaban J connectivity index is 1.72. The van der Waals surface area contributed by atoms with Gasteiger partial charge in [-0.3, -0.25) is 4.79 Å². The lowest BCUT2D eigenvalue weighted by molar-refractivity contribution is 0.306. The molecule has 0 aliphatic rings. The average Bonchev–Trinajstić information content (AvgIpc) is 2.81. The summed E-state index contributed by atoms with van der Waals surface area (Å²) in [5, 5.41) is 0. The Morgan fingerprint density at radius 2 is 1.43 bits per heavy atom. The summed E-state index contributed by atoms with van der Waals surface area (Å²) in [6.45, 7) is 0.938. The second-order valence-electron chi connectivity index (χ2n) is 6.98. The van der Waals surface area contributed by atoms with Crippen molar-refractivity contribution >= 4 is 11.8 Å². The standard InChI is InChI=1S/C26H23NO2S/c1-30-23-14-12-22(13-15-23)25-24(29-19-21-10-6-3-7-11-21)16-17-27(26(25)28)18-20-8-4-2-5-9-20/h2-17H,18-19H2,1H3. The van der Waals surface area contributed by atoms with Crippen molar-refractivity contribution in [1.29, 1.82) is 0 Å². The first-order valence-corrected chi connectivity index (χ1v) is 11.1. The lowest BCUT2D eigenvalue weighted by atomic mass is 10.1. The van der Waals surface area contributed by atoms with E-state index in [1.165, 1.54) is 0 Å². The Morgan fingerprint density at radius 3 is 2.07 bits per heavy atom. The van der Waals surface area contributed by atoms with Crippen LogP contribution >= 0.6 is 11.8 Å². The minimum absolute atomic E-state index is 0.0543. The molecule has 0 aliphatic carbocycles. The van der Waals surface area contributed by atoms with Gasteiger partial charge in [-0.25, -0.2) is 0 Å². The Morgan fingerprint density at radius 1 is 0.800 bits per heavy atom. The molecule has 0 saturated carbocycles. The van der Waals surface area contributed by atoms with Crippen molar-refractivity contribution in [2.24, 2.45) is 0 Å². The molecule has 1 aromatic heterocycles. The first-order valence-electron chi connectivity index (χ1n) is 9.83. The molecule has 1 heterocycles. The summed E-state index contributed by atoms with van der Waals surface area (Å²) in [7, 11) is 0. The second kappa shape index (κ2) is 9.51. The molecule has 0 saturated heterocycles. The molecule has 0 amide bonds. The SMILES string of the molecule is CSc1ccc(-c2c(OCc3ccccc3)ccn(Cc3ccccc3)c2=O)cc1. The van der Waals surface area contributed by atoms with Crippen LogP contribution in [-0.2, 0) is 13.2 Å². The monoisotopic (exact) mass is 413 g/mol. The molecule has 0 N–H and O–H groups in total. The van der Waals surface area contributed by atoms with Crippen LogP contribution in [0.25, 0.3) is 11.1 Å². The minimum atomic E-state index is -0.0543. The molecule has 0 radical (unpaired) electrons. The summed E-state index contributed by atoms with van der Waals surface area (Å²) in [4.78, 5) is 14.6. The van der Waals surface area contributed by atoms with Gasteiger partial charge in [0.1, 0.15) is 12.4 Å². The number of hydrogen-bond donors (Lipinski definition) is 0. The van der Waals surface area contributed by atoms with Gasteiger partial charge < -0.3 is 9.30 Å². The van der Waals surface area contributed by atoms with E-state index >= 15 is 0 Å². The number of pyridine rings is 1. The van der Waals surface area contributed by atoms with Crippen LogP contribution in [0.2, 0.25) is 0 Å². The van der Waals surface area contributed by atoms with E-state index < -0.39 is 0 Å². The Hall–Kier alpha value is -3.24. The van der Waals surface area contributed by atoms with Gasteiger partial charge in [-0.1, -0.05) is 72.8 Å². The van der Waals surface area contributed by atoms with E-state index in [0.29, 0.717) is 24.5 Å². The molecule has 4 rings (SSSR count). The fraction of sp³-hybridized carbons (Fsp3) is 0.115. The number of hydrogen-bond acceptors (Lipinski definition) is 3. The van der Waals surface area contributed by atoms with Crippen molar-refractivity contribution in [3.63, 3.8) is 0 Å². The van der Waals surface area contributed by atoms with Crippen molar-refractivity contribution in [1.82, 2.24) is 4.57 Å². The molecule has 3 aromatic carbocycles. The Kier molecular flexibility index (Phi) is 6.35. The molecule has 0 bridgehead atoms. The summed E-state index contributed by atoms with van der Waals surface area (Å²) in [5.41, 5.74) is 3.55. The maximum atomic E-state index is 13.4. The molecule has 30 heavy (non-hydrogen) atoms. The fourth-order valence-corrected chi connectivity index (χ4v) is 3.75. The molecule has 0 unspecified atom stereocenters. The predicted molar refractivity (Wildman–Crippen MR) is 124 cm³/mol. The van der Waals surface area contributed by atoms with Gasteiger partial charge in [0, 0.05) is 11.1 Å². The maximum absolute atomic E-state index is 13.4. The zero-order chi connectivity index (χ0) is 20.8. The zero-order valence-corrected chi connectivity index (χ0v) is 17.6. The first kappa shape index (κ1) is 20.0. The Bertz CT molecular complexity index is 1150. The van der Waals surface area contributed by atoms with Crippen LogP contribution in [0, 0.1) is 0 Å². The molecule has 0 atom stereocenters. The van der Waals surface area contributed by atoms with Gasteiger partial charge in [0.15, 0.2) is 0 Å². The number of ether oxygens (including phenoxy) is 1. The van der Waals surface area contributed by atoms with E-state index in [1.807, 2.05) is 103 Å². The zero-order valence-electron chi connectivity index (χ0n) is 16.8. The minimum Gasteiger partial charge on any atom is -0.488 e. The van der Waals surface area contributed by atoms with Crippen molar-refractivity contribution in [2.75, 3.05) is 6.26 Å². The second-order valence-corrected chi connectivity index (χ2v) is 7.86. The van der Waals surface area contributed by atoms with Gasteiger partial charge in [-0.2, -0.15) is 0 Å². The highest BCUT2D eigenvalue weighted by Crippen LogP contribution is 2.29. The predicted octanol–water partition coefficient (Wildman–Crippen LogP) is 5.86.